The largest absolute Gasteiger partial charge is 0.355 e. The smallest absolute Gasteiger partial charge is 0.250 e. The van der Waals surface area contributed by atoms with E-state index in [1.807, 2.05) is 11.9 Å². The van der Waals surface area contributed by atoms with Gasteiger partial charge in [-0.25, -0.2) is 0 Å². The van der Waals surface area contributed by atoms with Gasteiger partial charge in [-0.1, -0.05) is 19.9 Å². The molecular weight excluding hydrogens is 238 g/mol. The molecule has 2 aliphatic heterocycles. The van der Waals surface area contributed by atoms with Crippen molar-refractivity contribution in [1.82, 2.24) is 5.32 Å². The zero-order valence-electron chi connectivity index (χ0n) is 11.8. The summed E-state index contributed by atoms with van der Waals surface area (Å²) in [5.74, 6) is 0.676. The van der Waals surface area contributed by atoms with Crippen LogP contribution in [0, 0.1) is 0 Å². The Morgan fingerprint density at radius 2 is 2.11 bits per heavy atom. The molecule has 0 saturated carbocycles. The van der Waals surface area contributed by atoms with Crippen LogP contribution in [0.1, 0.15) is 25.3 Å². The van der Waals surface area contributed by atoms with Gasteiger partial charge in [0.2, 0.25) is 0 Å². The number of likely N-dealkylation sites (N-methyl/N-ethyl adjacent to an activating group) is 1. The maximum Gasteiger partial charge on any atom is 0.250 e. The maximum absolute atomic E-state index is 12.4. The number of rotatable bonds is 1. The van der Waals surface area contributed by atoms with E-state index >= 15 is 0 Å². The van der Waals surface area contributed by atoms with Gasteiger partial charge in [-0.05, 0) is 23.6 Å². The minimum atomic E-state index is -0.0452. The molecule has 1 amide bonds. The number of fused-ring (bicyclic) bond motifs is 3. The van der Waals surface area contributed by atoms with Crippen molar-refractivity contribution >= 4 is 17.3 Å². The lowest BCUT2D eigenvalue weighted by Gasteiger charge is -2.44. The predicted molar refractivity (Wildman–Crippen MR) is 77.9 cm³/mol. The van der Waals surface area contributed by atoms with Gasteiger partial charge in [0.1, 0.15) is 6.04 Å². The Balaban J connectivity index is 2.08. The molecule has 1 aromatic carbocycles. The zero-order valence-corrected chi connectivity index (χ0v) is 11.8. The first-order valence-corrected chi connectivity index (χ1v) is 6.98. The monoisotopic (exact) mass is 259 g/mol. The molecule has 0 bridgehead atoms. The highest BCUT2D eigenvalue weighted by atomic mass is 16.2. The number of amides is 1. The lowest BCUT2D eigenvalue weighted by molar-refractivity contribution is -0.120. The van der Waals surface area contributed by atoms with Crippen LogP contribution in [0.3, 0.4) is 0 Å². The lowest BCUT2D eigenvalue weighted by atomic mass is 9.98. The molecule has 4 heteroatoms. The number of benzene rings is 1. The standard InChI is InChI=1S/C15H21N3O/c1-10(2)11-4-5-12-13(8-11)17(3)15(19)14-9-16-6-7-18(12)14/h4-5,8,10,14,16H,6-7,9H2,1-3H3. The van der Waals surface area contributed by atoms with Crippen LogP contribution in [0.4, 0.5) is 11.4 Å². The highest BCUT2D eigenvalue weighted by Gasteiger charge is 2.37. The van der Waals surface area contributed by atoms with E-state index in [1.165, 1.54) is 11.3 Å². The van der Waals surface area contributed by atoms with Crippen molar-refractivity contribution in [3.05, 3.63) is 23.8 Å². The molecule has 0 aliphatic carbocycles. The van der Waals surface area contributed by atoms with E-state index in [-0.39, 0.29) is 11.9 Å². The van der Waals surface area contributed by atoms with Crippen LogP contribution in [-0.4, -0.2) is 38.6 Å². The third-order valence-corrected chi connectivity index (χ3v) is 4.20. The van der Waals surface area contributed by atoms with Crippen LogP contribution in [0.5, 0.6) is 0 Å². The Kier molecular flexibility index (Phi) is 2.97. The van der Waals surface area contributed by atoms with Crippen LogP contribution >= 0.6 is 0 Å². The van der Waals surface area contributed by atoms with E-state index in [1.54, 1.807) is 0 Å². The van der Waals surface area contributed by atoms with E-state index in [4.69, 9.17) is 0 Å². The Morgan fingerprint density at radius 1 is 1.32 bits per heavy atom. The summed E-state index contributed by atoms with van der Waals surface area (Å²) in [5.41, 5.74) is 3.53. The summed E-state index contributed by atoms with van der Waals surface area (Å²) in [6, 6.07) is 6.48. The molecule has 1 saturated heterocycles. The van der Waals surface area contributed by atoms with Gasteiger partial charge in [0.05, 0.1) is 11.4 Å². The van der Waals surface area contributed by atoms with Crippen molar-refractivity contribution in [1.29, 1.82) is 0 Å². The highest BCUT2D eigenvalue weighted by molar-refractivity contribution is 6.05. The average Bonchev–Trinajstić information content (AvgIpc) is 2.44. The maximum atomic E-state index is 12.4. The van der Waals surface area contributed by atoms with Gasteiger partial charge in [0, 0.05) is 26.7 Å². The first-order valence-electron chi connectivity index (χ1n) is 6.98. The number of carbonyl (C=O) groups excluding carboxylic acids is 1. The summed E-state index contributed by atoms with van der Waals surface area (Å²) in [6.07, 6.45) is 0. The molecule has 1 atom stereocenters. The van der Waals surface area contributed by atoms with Crippen molar-refractivity contribution in [2.45, 2.75) is 25.8 Å². The zero-order chi connectivity index (χ0) is 13.6. The van der Waals surface area contributed by atoms with Crippen LogP contribution in [0.2, 0.25) is 0 Å². The molecule has 2 heterocycles. The molecule has 0 spiro atoms. The normalized spacial score (nSPS) is 22.5. The molecule has 102 valence electrons. The van der Waals surface area contributed by atoms with Crippen molar-refractivity contribution in [2.75, 3.05) is 36.5 Å². The Bertz CT molecular complexity index is 512. The summed E-state index contributed by atoms with van der Waals surface area (Å²) in [6.45, 7) is 6.95. The van der Waals surface area contributed by atoms with E-state index in [9.17, 15) is 4.79 Å². The second-order valence-electron chi connectivity index (χ2n) is 5.71. The molecule has 3 rings (SSSR count). The molecule has 0 radical (unpaired) electrons. The topological polar surface area (TPSA) is 35.6 Å². The first kappa shape index (κ1) is 12.5. The predicted octanol–water partition coefficient (Wildman–Crippen LogP) is 1.56. The van der Waals surface area contributed by atoms with E-state index < -0.39 is 0 Å². The molecule has 4 nitrogen and oxygen atoms in total. The van der Waals surface area contributed by atoms with Crippen molar-refractivity contribution in [3.8, 4) is 0 Å². The molecule has 2 aliphatic rings. The molecule has 0 aromatic heterocycles. The SMILES string of the molecule is CC(C)c1ccc2c(c1)N(C)C(=O)C1CNCCN21. The molecule has 19 heavy (non-hydrogen) atoms. The summed E-state index contributed by atoms with van der Waals surface area (Å²) in [4.78, 5) is 16.5. The number of nitrogens with zero attached hydrogens (tertiary/aromatic N) is 2. The van der Waals surface area contributed by atoms with Crippen LogP contribution in [-0.2, 0) is 4.79 Å². The van der Waals surface area contributed by atoms with Crippen molar-refractivity contribution in [3.63, 3.8) is 0 Å². The number of hydrogen-bond acceptors (Lipinski definition) is 3. The second-order valence-corrected chi connectivity index (χ2v) is 5.71. The number of piperazine rings is 1. The highest BCUT2D eigenvalue weighted by Crippen LogP contribution is 2.37. The van der Waals surface area contributed by atoms with Crippen LogP contribution in [0.25, 0.3) is 0 Å². The van der Waals surface area contributed by atoms with Gasteiger partial charge in [0.15, 0.2) is 0 Å². The van der Waals surface area contributed by atoms with Gasteiger partial charge in [-0.2, -0.15) is 0 Å². The Morgan fingerprint density at radius 3 is 2.84 bits per heavy atom. The first-order chi connectivity index (χ1) is 9.09. The molecule has 1 fully saturated rings. The van der Waals surface area contributed by atoms with Crippen molar-refractivity contribution < 1.29 is 4.79 Å². The molecular formula is C15H21N3O. The summed E-state index contributed by atoms with van der Waals surface area (Å²) >= 11 is 0. The third kappa shape index (κ3) is 1.91. The average molecular weight is 259 g/mol. The fourth-order valence-electron chi connectivity index (χ4n) is 2.97. The second kappa shape index (κ2) is 4.53. The van der Waals surface area contributed by atoms with Gasteiger partial charge in [-0.15, -0.1) is 0 Å². The quantitative estimate of drug-likeness (QED) is 0.831. The molecule has 1 unspecified atom stereocenters. The number of carbonyl (C=O) groups is 1. The van der Waals surface area contributed by atoms with Gasteiger partial charge in [-0.3, -0.25) is 4.79 Å². The van der Waals surface area contributed by atoms with Gasteiger partial charge in [0.25, 0.3) is 5.91 Å². The van der Waals surface area contributed by atoms with Crippen LogP contribution < -0.4 is 15.1 Å². The minimum absolute atomic E-state index is 0.0452. The van der Waals surface area contributed by atoms with E-state index in [2.05, 4.69) is 42.3 Å². The Hall–Kier alpha value is -1.55. The summed E-state index contributed by atoms with van der Waals surface area (Å²) in [5, 5.41) is 3.31. The fourth-order valence-corrected chi connectivity index (χ4v) is 2.97. The minimum Gasteiger partial charge on any atom is -0.355 e. The van der Waals surface area contributed by atoms with Gasteiger partial charge >= 0.3 is 0 Å². The molecule has 1 N–H and O–H groups in total. The third-order valence-electron chi connectivity index (χ3n) is 4.20. The Labute approximate surface area is 114 Å². The number of anilines is 2. The molecule has 1 aromatic rings. The van der Waals surface area contributed by atoms with Crippen LogP contribution in [0.15, 0.2) is 18.2 Å². The van der Waals surface area contributed by atoms with E-state index in [0.717, 1.165) is 25.3 Å². The number of nitrogens with one attached hydrogen (secondary N) is 1. The summed E-state index contributed by atoms with van der Waals surface area (Å²) < 4.78 is 0. The van der Waals surface area contributed by atoms with Crippen molar-refractivity contribution in [2.24, 2.45) is 0 Å². The fraction of sp³-hybridized carbons (Fsp3) is 0.533. The summed E-state index contributed by atoms with van der Waals surface area (Å²) in [7, 11) is 1.89. The number of hydrogen-bond donors (Lipinski definition) is 1. The lowest BCUT2D eigenvalue weighted by Crippen LogP contribution is -2.61. The van der Waals surface area contributed by atoms with Gasteiger partial charge < -0.3 is 15.1 Å². The van der Waals surface area contributed by atoms with E-state index in [0.29, 0.717) is 5.92 Å².